The summed E-state index contributed by atoms with van der Waals surface area (Å²) in [5.74, 6) is 1.73. The first-order valence-corrected chi connectivity index (χ1v) is 14.3. The summed E-state index contributed by atoms with van der Waals surface area (Å²) in [6.07, 6.45) is 3.15. The van der Waals surface area contributed by atoms with Gasteiger partial charge in [-0.2, -0.15) is 0 Å². The normalized spacial score (nSPS) is 14.4. The lowest BCUT2D eigenvalue weighted by molar-refractivity contribution is 0.0714. The van der Waals surface area contributed by atoms with Gasteiger partial charge in [0.05, 0.1) is 37.3 Å². The van der Waals surface area contributed by atoms with E-state index in [0.29, 0.717) is 41.2 Å². The molecule has 0 saturated heterocycles. The molecule has 0 saturated carbocycles. The summed E-state index contributed by atoms with van der Waals surface area (Å²) in [6.45, 7) is 9.25. The standard InChI is InChI=1S/C34H37NO6/c1-6-8-9-16-40-27-15-12-24(19-28(27)39-7-2)30-29-31(36)26-18-21(3)17-22(4)32(26)41-33(29)34(37)35(30)20-23-10-13-25(38-5)14-11-23/h10-15,17-19,30H,6-9,16,20H2,1-5H3. The quantitative estimate of drug-likeness (QED) is 0.183. The van der Waals surface area contributed by atoms with Crippen LogP contribution in [0.3, 0.4) is 0 Å². The van der Waals surface area contributed by atoms with Gasteiger partial charge in [0.15, 0.2) is 16.9 Å². The zero-order valence-corrected chi connectivity index (χ0v) is 24.4. The number of benzene rings is 3. The third-order valence-electron chi connectivity index (χ3n) is 7.50. The van der Waals surface area contributed by atoms with Crippen LogP contribution in [0.5, 0.6) is 17.2 Å². The van der Waals surface area contributed by atoms with Gasteiger partial charge in [0.2, 0.25) is 5.76 Å². The predicted octanol–water partition coefficient (Wildman–Crippen LogP) is 7.13. The number of rotatable bonds is 11. The molecule has 0 fully saturated rings. The summed E-state index contributed by atoms with van der Waals surface area (Å²) in [6, 6.07) is 16.4. The van der Waals surface area contributed by atoms with Crippen LogP contribution in [0.4, 0.5) is 0 Å². The Morgan fingerprint density at radius 2 is 1.68 bits per heavy atom. The molecule has 5 rings (SSSR count). The van der Waals surface area contributed by atoms with Crippen LogP contribution >= 0.6 is 0 Å². The van der Waals surface area contributed by atoms with Crippen LogP contribution in [0.1, 0.15) is 77.5 Å². The van der Waals surface area contributed by atoms with E-state index in [1.54, 1.807) is 12.0 Å². The molecular weight excluding hydrogens is 518 g/mol. The van der Waals surface area contributed by atoms with E-state index in [1.165, 1.54) is 0 Å². The Morgan fingerprint density at radius 1 is 0.902 bits per heavy atom. The van der Waals surface area contributed by atoms with Crippen LogP contribution < -0.4 is 19.6 Å². The molecule has 0 bridgehead atoms. The van der Waals surface area contributed by atoms with Gasteiger partial charge in [-0.25, -0.2) is 0 Å². The second-order valence-electron chi connectivity index (χ2n) is 10.5. The number of hydrogen-bond donors (Lipinski definition) is 0. The van der Waals surface area contributed by atoms with Gasteiger partial charge in [-0.15, -0.1) is 0 Å². The van der Waals surface area contributed by atoms with Gasteiger partial charge < -0.3 is 23.5 Å². The van der Waals surface area contributed by atoms with Gasteiger partial charge >= 0.3 is 0 Å². The van der Waals surface area contributed by atoms with Crippen molar-refractivity contribution in [2.75, 3.05) is 20.3 Å². The summed E-state index contributed by atoms with van der Waals surface area (Å²) in [4.78, 5) is 29.8. The van der Waals surface area contributed by atoms with Crippen molar-refractivity contribution in [2.45, 2.75) is 59.5 Å². The molecule has 1 aliphatic rings. The zero-order chi connectivity index (χ0) is 29.1. The Bertz CT molecular complexity index is 1620. The molecule has 1 atom stereocenters. The summed E-state index contributed by atoms with van der Waals surface area (Å²) in [7, 11) is 1.62. The van der Waals surface area contributed by atoms with E-state index in [1.807, 2.05) is 75.4 Å². The smallest absolute Gasteiger partial charge is 0.291 e. The number of unbranched alkanes of at least 4 members (excludes halogenated alkanes) is 2. The Hall–Kier alpha value is -4.26. The number of aryl methyl sites for hydroxylation is 2. The van der Waals surface area contributed by atoms with E-state index in [9.17, 15) is 9.59 Å². The van der Waals surface area contributed by atoms with E-state index in [2.05, 4.69) is 6.92 Å². The fraction of sp³-hybridized carbons (Fsp3) is 0.353. The lowest BCUT2D eigenvalue weighted by atomic mass is 9.96. The van der Waals surface area contributed by atoms with Crippen LogP contribution in [-0.2, 0) is 6.54 Å². The number of hydrogen-bond acceptors (Lipinski definition) is 6. The number of fused-ring (bicyclic) bond motifs is 2. The second kappa shape index (κ2) is 12.1. The number of nitrogens with zero attached hydrogens (tertiary/aromatic N) is 1. The molecule has 7 heteroatoms. The van der Waals surface area contributed by atoms with Gasteiger partial charge in [0.25, 0.3) is 5.91 Å². The lowest BCUT2D eigenvalue weighted by Gasteiger charge is -2.26. The molecule has 1 aliphatic heterocycles. The fourth-order valence-electron chi connectivity index (χ4n) is 5.53. The molecule has 1 unspecified atom stereocenters. The SMILES string of the molecule is CCCCCOc1ccc(C2c3c(oc4c(C)cc(C)cc4c3=O)C(=O)N2Cc2ccc(OC)cc2)cc1OCC. The molecule has 0 radical (unpaired) electrons. The zero-order valence-electron chi connectivity index (χ0n) is 24.4. The average Bonchev–Trinajstić information content (AvgIpc) is 3.24. The minimum absolute atomic E-state index is 0.0887. The minimum Gasteiger partial charge on any atom is -0.497 e. The molecule has 0 N–H and O–H groups in total. The van der Waals surface area contributed by atoms with Crippen LogP contribution in [0.25, 0.3) is 11.0 Å². The predicted molar refractivity (Wildman–Crippen MR) is 159 cm³/mol. The van der Waals surface area contributed by atoms with Gasteiger partial charge in [-0.3, -0.25) is 9.59 Å². The Kier molecular flexibility index (Phi) is 8.34. The Labute approximate surface area is 240 Å². The maximum atomic E-state index is 14.1. The summed E-state index contributed by atoms with van der Waals surface area (Å²) in [5.41, 5.74) is 4.04. The Morgan fingerprint density at radius 3 is 2.39 bits per heavy atom. The first-order chi connectivity index (χ1) is 19.9. The molecule has 0 aliphatic carbocycles. The topological polar surface area (TPSA) is 78.2 Å². The minimum atomic E-state index is -0.658. The molecule has 3 aromatic carbocycles. The van der Waals surface area contributed by atoms with E-state index < -0.39 is 6.04 Å². The van der Waals surface area contributed by atoms with Crippen molar-refractivity contribution in [3.05, 3.63) is 98.4 Å². The molecule has 2 heterocycles. The first-order valence-electron chi connectivity index (χ1n) is 14.3. The number of carbonyl (C=O) groups excluding carboxylic acids is 1. The van der Waals surface area contributed by atoms with E-state index in [0.717, 1.165) is 47.3 Å². The van der Waals surface area contributed by atoms with Crippen molar-refractivity contribution >= 4 is 16.9 Å². The van der Waals surface area contributed by atoms with Gasteiger partial charge in [0, 0.05) is 6.54 Å². The summed E-state index contributed by atoms with van der Waals surface area (Å²) >= 11 is 0. The number of methoxy groups -OCH3 is 1. The van der Waals surface area contributed by atoms with Crippen LogP contribution in [0, 0.1) is 13.8 Å². The molecule has 0 spiro atoms. The fourth-order valence-corrected chi connectivity index (χ4v) is 5.53. The van der Waals surface area contributed by atoms with Gasteiger partial charge in [-0.1, -0.05) is 44.0 Å². The Balaban J connectivity index is 1.64. The molecule has 1 aromatic heterocycles. The van der Waals surface area contributed by atoms with Crippen molar-refractivity contribution in [3.63, 3.8) is 0 Å². The summed E-state index contributed by atoms with van der Waals surface area (Å²) in [5, 5.41) is 0.478. The number of amides is 1. The highest BCUT2D eigenvalue weighted by molar-refractivity contribution is 5.99. The van der Waals surface area contributed by atoms with Crippen LogP contribution in [-0.4, -0.2) is 31.1 Å². The first kappa shape index (κ1) is 28.3. The highest BCUT2D eigenvalue weighted by Gasteiger charge is 2.43. The van der Waals surface area contributed by atoms with E-state index >= 15 is 0 Å². The van der Waals surface area contributed by atoms with Crippen LogP contribution in [0.2, 0.25) is 0 Å². The van der Waals surface area contributed by atoms with E-state index in [4.69, 9.17) is 18.6 Å². The number of carbonyl (C=O) groups is 1. The average molecular weight is 556 g/mol. The van der Waals surface area contributed by atoms with Crippen molar-refractivity contribution in [1.29, 1.82) is 0 Å². The molecule has 41 heavy (non-hydrogen) atoms. The maximum absolute atomic E-state index is 14.1. The molecule has 214 valence electrons. The van der Waals surface area contributed by atoms with Crippen molar-refractivity contribution in [3.8, 4) is 17.2 Å². The van der Waals surface area contributed by atoms with Crippen molar-refractivity contribution in [2.24, 2.45) is 0 Å². The third kappa shape index (κ3) is 5.53. The van der Waals surface area contributed by atoms with Gasteiger partial charge in [0.1, 0.15) is 11.3 Å². The monoisotopic (exact) mass is 555 g/mol. The number of ether oxygens (including phenoxy) is 3. The van der Waals surface area contributed by atoms with Crippen molar-refractivity contribution < 1.29 is 23.4 Å². The molecular formula is C34H37NO6. The lowest BCUT2D eigenvalue weighted by Crippen LogP contribution is -2.29. The molecule has 1 amide bonds. The largest absolute Gasteiger partial charge is 0.497 e. The third-order valence-corrected chi connectivity index (χ3v) is 7.50. The highest BCUT2D eigenvalue weighted by atomic mass is 16.5. The maximum Gasteiger partial charge on any atom is 0.291 e. The van der Waals surface area contributed by atoms with Gasteiger partial charge in [-0.05, 0) is 79.8 Å². The van der Waals surface area contributed by atoms with Crippen LogP contribution in [0.15, 0.2) is 63.8 Å². The van der Waals surface area contributed by atoms with Crippen molar-refractivity contribution in [1.82, 2.24) is 4.90 Å². The highest BCUT2D eigenvalue weighted by Crippen LogP contribution is 2.42. The second-order valence-corrected chi connectivity index (χ2v) is 10.5. The molecule has 4 aromatic rings. The van der Waals surface area contributed by atoms with E-state index in [-0.39, 0.29) is 23.6 Å². The summed E-state index contributed by atoms with van der Waals surface area (Å²) < 4.78 is 23.6. The molecule has 7 nitrogen and oxygen atoms in total.